The van der Waals surface area contributed by atoms with Gasteiger partial charge in [-0.2, -0.15) is 0 Å². The van der Waals surface area contributed by atoms with Gasteiger partial charge in [0.2, 0.25) is 0 Å². The number of para-hydroxylation sites is 2. The van der Waals surface area contributed by atoms with Crippen molar-refractivity contribution in [2.24, 2.45) is 0 Å². The van der Waals surface area contributed by atoms with Crippen LogP contribution in [0.4, 0.5) is 0 Å². The molecule has 6 heteroatoms. The van der Waals surface area contributed by atoms with E-state index in [1.807, 2.05) is 24.3 Å². The van der Waals surface area contributed by atoms with Crippen LogP contribution in [0.25, 0.3) is 11.0 Å². The Morgan fingerprint density at radius 2 is 1.64 bits per heavy atom. The SMILES string of the molecule is c1cnc(SCCCCCSc2nc3ccccc3[nH]2)nc1. The maximum absolute atomic E-state index is 4.57. The van der Waals surface area contributed by atoms with Crippen LogP contribution in [-0.4, -0.2) is 31.4 Å². The van der Waals surface area contributed by atoms with Gasteiger partial charge in [-0.1, -0.05) is 42.1 Å². The lowest BCUT2D eigenvalue weighted by Gasteiger charge is -2.00. The minimum atomic E-state index is 0.874. The minimum Gasteiger partial charge on any atom is -0.333 e. The second-order valence-corrected chi connectivity index (χ2v) is 6.99. The predicted molar refractivity (Wildman–Crippen MR) is 93.4 cm³/mol. The van der Waals surface area contributed by atoms with E-state index in [0.29, 0.717) is 0 Å². The molecule has 3 aromatic rings. The number of aromatic nitrogens is 4. The Bertz CT molecular complexity index is 666. The lowest BCUT2D eigenvalue weighted by Crippen LogP contribution is -1.88. The van der Waals surface area contributed by atoms with Crippen molar-refractivity contribution in [1.29, 1.82) is 0 Å². The van der Waals surface area contributed by atoms with Crippen molar-refractivity contribution in [3.63, 3.8) is 0 Å². The Morgan fingerprint density at radius 3 is 2.45 bits per heavy atom. The topological polar surface area (TPSA) is 54.5 Å². The third-order valence-corrected chi connectivity index (χ3v) is 5.09. The van der Waals surface area contributed by atoms with Crippen LogP contribution in [0, 0.1) is 0 Å². The largest absolute Gasteiger partial charge is 0.333 e. The fourth-order valence-electron chi connectivity index (χ4n) is 2.07. The van der Waals surface area contributed by atoms with E-state index in [1.54, 1.807) is 35.9 Å². The van der Waals surface area contributed by atoms with Crippen molar-refractivity contribution < 1.29 is 0 Å². The summed E-state index contributed by atoms with van der Waals surface area (Å²) >= 11 is 3.53. The van der Waals surface area contributed by atoms with Gasteiger partial charge < -0.3 is 4.98 Å². The van der Waals surface area contributed by atoms with Gasteiger partial charge in [0.15, 0.2) is 10.3 Å². The second-order valence-electron chi connectivity index (χ2n) is 4.85. The van der Waals surface area contributed by atoms with Crippen LogP contribution in [-0.2, 0) is 0 Å². The number of imidazole rings is 1. The van der Waals surface area contributed by atoms with Crippen LogP contribution in [0.3, 0.4) is 0 Å². The minimum absolute atomic E-state index is 0.874. The molecular formula is C16H18N4S2. The molecule has 1 N–H and O–H groups in total. The van der Waals surface area contributed by atoms with Crippen LogP contribution in [0.5, 0.6) is 0 Å². The molecule has 1 aromatic carbocycles. The summed E-state index contributed by atoms with van der Waals surface area (Å²) in [6, 6.07) is 10.0. The van der Waals surface area contributed by atoms with Crippen LogP contribution in [0.1, 0.15) is 19.3 Å². The molecule has 2 heterocycles. The first-order chi connectivity index (χ1) is 10.9. The lowest BCUT2D eigenvalue weighted by molar-refractivity contribution is 0.783. The molecule has 0 bridgehead atoms. The molecule has 0 atom stereocenters. The molecule has 0 aliphatic rings. The first-order valence-corrected chi connectivity index (χ1v) is 9.36. The number of hydrogen-bond acceptors (Lipinski definition) is 5. The van der Waals surface area contributed by atoms with Gasteiger partial charge in [0, 0.05) is 23.9 Å². The highest BCUT2D eigenvalue weighted by Gasteiger charge is 2.02. The Hall–Kier alpha value is -1.53. The Balaban J connectivity index is 1.30. The molecule has 0 fully saturated rings. The number of thioether (sulfide) groups is 2. The van der Waals surface area contributed by atoms with Crippen molar-refractivity contribution in [2.75, 3.05) is 11.5 Å². The maximum Gasteiger partial charge on any atom is 0.187 e. The van der Waals surface area contributed by atoms with Gasteiger partial charge in [0.25, 0.3) is 0 Å². The average molecular weight is 330 g/mol. The van der Waals surface area contributed by atoms with Gasteiger partial charge in [-0.05, 0) is 31.0 Å². The Morgan fingerprint density at radius 1 is 0.864 bits per heavy atom. The Labute approximate surface area is 138 Å². The summed E-state index contributed by atoms with van der Waals surface area (Å²) in [4.78, 5) is 16.3. The van der Waals surface area contributed by atoms with Crippen LogP contribution >= 0.6 is 23.5 Å². The number of nitrogens with one attached hydrogen (secondary N) is 1. The molecule has 22 heavy (non-hydrogen) atoms. The van der Waals surface area contributed by atoms with E-state index in [4.69, 9.17) is 0 Å². The van der Waals surface area contributed by atoms with E-state index in [1.165, 1.54) is 19.3 Å². The summed E-state index contributed by atoms with van der Waals surface area (Å²) in [5.41, 5.74) is 2.16. The number of aromatic amines is 1. The molecule has 3 rings (SSSR count). The van der Waals surface area contributed by atoms with E-state index < -0.39 is 0 Å². The standard InChI is InChI=1S/C16H18N4S2/c1(4-11-21-15-17-9-6-10-18-15)5-12-22-16-19-13-7-2-3-8-14(13)20-16/h2-3,6-10H,1,4-5,11-12H2,(H,19,20). The zero-order valence-electron chi connectivity index (χ0n) is 12.2. The average Bonchev–Trinajstić information content (AvgIpc) is 2.97. The molecule has 114 valence electrons. The van der Waals surface area contributed by atoms with E-state index in [9.17, 15) is 0 Å². The highest BCUT2D eigenvalue weighted by molar-refractivity contribution is 7.99. The summed E-state index contributed by atoms with van der Waals surface area (Å²) in [7, 11) is 0. The summed E-state index contributed by atoms with van der Waals surface area (Å²) in [5.74, 6) is 2.19. The molecule has 0 aliphatic heterocycles. The highest BCUT2D eigenvalue weighted by Crippen LogP contribution is 2.21. The number of nitrogens with zero attached hydrogens (tertiary/aromatic N) is 3. The molecule has 2 aromatic heterocycles. The molecule has 0 radical (unpaired) electrons. The second kappa shape index (κ2) is 8.19. The van der Waals surface area contributed by atoms with Crippen LogP contribution < -0.4 is 0 Å². The summed E-state index contributed by atoms with van der Waals surface area (Å²) in [5, 5.41) is 1.90. The number of H-pyrrole nitrogens is 1. The molecule has 0 unspecified atom stereocenters. The molecule has 0 aliphatic carbocycles. The summed E-state index contributed by atoms with van der Waals surface area (Å²) in [6.07, 6.45) is 7.22. The maximum atomic E-state index is 4.57. The third kappa shape index (κ3) is 4.48. The van der Waals surface area contributed by atoms with E-state index in [-0.39, 0.29) is 0 Å². The fourth-order valence-corrected chi connectivity index (χ4v) is 3.76. The number of rotatable bonds is 8. The van der Waals surface area contributed by atoms with Crippen molar-refractivity contribution in [1.82, 2.24) is 19.9 Å². The van der Waals surface area contributed by atoms with Crippen LogP contribution in [0.15, 0.2) is 53.0 Å². The monoisotopic (exact) mass is 330 g/mol. The van der Waals surface area contributed by atoms with Gasteiger partial charge in [-0.3, -0.25) is 0 Å². The van der Waals surface area contributed by atoms with Gasteiger partial charge in [-0.25, -0.2) is 15.0 Å². The number of hydrogen-bond donors (Lipinski definition) is 1. The molecular weight excluding hydrogens is 312 g/mol. The van der Waals surface area contributed by atoms with E-state index in [0.717, 1.165) is 32.9 Å². The lowest BCUT2D eigenvalue weighted by atomic mass is 10.3. The first-order valence-electron chi connectivity index (χ1n) is 7.39. The zero-order valence-corrected chi connectivity index (χ0v) is 13.9. The molecule has 4 nitrogen and oxygen atoms in total. The normalized spacial score (nSPS) is 11.1. The number of fused-ring (bicyclic) bond motifs is 1. The third-order valence-electron chi connectivity index (χ3n) is 3.17. The quantitative estimate of drug-likeness (QED) is 0.377. The van der Waals surface area contributed by atoms with Crippen molar-refractivity contribution >= 4 is 34.6 Å². The first kappa shape index (κ1) is 15.4. The highest BCUT2D eigenvalue weighted by atomic mass is 32.2. The van der Waals surface area contributed by atoms with E-state index in [2.05, 4.69) is 26.0 Å². The number of unbranched alkanes of at least 4 members (excludes halogenated alkanes) is 2. The molecule has 0 amide bonds. The zero-order chi connectivity index (χ0) is 15.0. The van der Waals surface area contributed by atoms with Crippen molar-refractivity contribution in [2.45, 2.75) is 29.6 Å². The van der Waals surface area contributed by atoms with Gasteiger partial charge in [0.05, 0.1) is 11.0 Å². The molecule has 0 saturated carbocycles. The fraction of sp³-hybridized carbons (Fsp3) is 0.312. The van der Waals surface area contributed by atoms with Crippen LogP contribution in [0.2, 0.25) is 0 Å². The van der Waals surface area contributed by atoms with Crippen molar-refractivity contribution in [3.05, 3.63) is 42.7 Å². The molecule has 0 saturated heterocycles. The summed E-state index contributed by atoms with van der Waals surface area (Å²) < 4.78 is 0. The van der Waals surface area contributed by atoms with Gasteiger partial charge >= 0.3 is 0 Å². The van der Waals surface area contributed by atoms with Crippen molar-refractivity contribution in [3.8, 4) is 0 Å². The molecule has 0 spiro atoms. The smallest absolute Gasteiger partial charge is 0.187 e. The van der Waals surface area contributed by atoms with E-state index >= 15 is 0 Å². The van der Waals surface area contributed by atoms with Gasteiger partial charge in [-0.15, -0.1) is 0 Å². The Kier molecular flexibility index (Phi) is 5.72. The predicted octanol–water partition coefficient (Wildman–Crippen LogP) is 4.41. The number of benzene rings is 1. The summed E-state index contributed by atoms with van der Waals surface area (Å²) in [6.45, 7) is 0. The van der Waals surface area contributed by atoms with Gasteiger partial charge in [0.1, 0.15) is 0 Å².